The molecule has 0 bridgehead atoms. The summed E-state index contributed by atoms with van der Waals surface area (Å²) in [6.45, 7) is 7.97. The fourth-order valence-electron chi connectivity index (χ4n) is 4.69. The highest BCUT2D eigenvalue weighted by molar-refractivity contribution is 7.92. The van der Waals surface area contributed by atoms with Crippen molar-refractivity contribution in [2.75, 3.05) is 24.1 Å². The highest BCUT2D eigenvalue weighted by atomic mass is 32.2. The lowest BCUT2D eigenvalue weighted by molar-refractivity contribution is 0.0473. The van der Waals surface area contributed by atoms with Gasteiger partial charge in [-0.25, -0.2) is 8.42 Å². The van der Waals surface area contributed by atoms with Crippen LogP contribution < -0.4 is 9.77 Å². The van der Waals surface area contributed by atoms with E-state index in [1.54, 1.807) is 12.1 Å². The SMILES string of the molecule is CCc1ccc(N(CC(C)C)S(=O)(=O)c2ccc3c(c2)B(O)OC3CC2CCOCC2)cc1. The second-order valence-corrected chi connectivity index (χ2v) is 11.4. The van der Waals surface area contributed by atoms with Crippen LogP contribution >= 0.6 is 0 Å². The first-order valence-corrected chi connectivity index (χ1v) is 13.4. The van der Waals surface area contributed by atoms with Crippen molar-refractivity contribution in [2.45, 2.75) is 57.5 Å². The molecular formula is C25H34BNO5S. The Morgan fingerprint density at radius 3 is 2.45 bits per heavy atom. The molecule has 0 amide bonds. The third kappa shape index (κ3) is 5.29. The van der Waals surface area contributed by atoms with Gasteiger partial charge in [0.15, 0.2) is 0 Å². The first kappa shape index (κ1) is 24.3. The lowest BCUT2D eigenvalue weighted by atomic mass is 9.79. The zero-order chi connectivity index (χ0) is 23.6. The molecule has 1 fully saturated rings. The molecule has 6 nitrogen and oxygen atoms in total. The number of aryl methyl sites for hydroxylation is 1. The maximum atomic E-state index is 13.7. The molecule has 1 N–H and O–H groups in total. The topological polar surface area (TPSA) is 76.1 Å². The van der Waals surface area contributed by atoms with Crippen molar-refractivity contribution >= 4 is 28.3 Å². The number of sulfonamides is 1. The van der Waals surface area contributed by atoms with Crippen LogP contribution in [0.1, 0.15) is 57.3 Å². The van der Waals surface area contributed by atoms with Crippen molar-refractivity contribution in [3.63, 3.8) is 0 Å². The summed E-state index contributed by atoms with van der Waals surface area (Å²) in [5.41, 5.74) is 3.25. The van der Waals surface area contributed by atoms with Crippen LogP contribution in [0.4, 0.5) is 5.69 Å². The van der Waals surface area contributed by atoms with Gasteiger partial charge in [-0.2, -0.15) is 0 Å². The minimum Gasteiger partial charge on any atom is -0.423 e. The van der Waals surface area contributed by atoms with E-state index in [0.717, 1.165) is 50.0 Å². The number of rotatable bonds is 8. The maximum absolute atomic E-state index is 13.7. The smallest absolute Gasteiger partial charge is 0.423 e. The zero-order valence-electron chi connectivity index (χ0n) is 19.7. The van der Waals surface area contributed by atoms with Crippen molar-refractivity contribution in [3.8, 4) is 0 Å². The molecule has 8 heteroatoms. The van der Waals surface area contributed by atoms with Crippen LogP contribution in [0.15, 0.2) is 47.4 Å². The largest absolute Gasteiger partial charge is 0.492 e. The molecule has 2 aromatic carbocycles. The zero-order valence-corrected chi connectivity index (χ0v) is 20.6. The van der Waals surface area contributed by atoms with Gasteiger partial charge in [-0.1, -0.05) is 39.0 Å². The summed E-state index contributed by atoms with van der Waals surface area (Å²) in [6, 6.07) is 12.7. The predicted molar refractivity (Wildman–Crippen MR) is 131 cm³/mol. The summed E-state index contributed by atoms with van der Waals surface area (Å²) in [5.74, 6) is 0.635. The van der Waals surface area contributed by atoms with Crippen LogP contribution in [-0.2, 0) is 25.8 Å². The normalized spacial score (nSPS) is 19.2. The van der Waals surface area contributed by atoms with Gasteiger partial charge < -0.3 is 14.4 Å². The van der Waals surface area contributed by atoms with E-state index in [4.69, 9.17) is 9.39 Å². The molecule has 4 rings (SSSR count). The number of nitrogens with zero attached hydrogens (tertiary/aromatic N) is 1. The average molecular weight is 471 g/mol. The Kier molecular flexibility index (Phi) is 7.48. The molecule has 0 radical (unpaired) electrons. The minimum atomic E-state index is -3.81. The highest BCUT2D eigenvalue weighted by Gasteiger charge is 2.38. The van der Waals surface area contributed by atoms with Crippen molar-refractivity contribution in [1.29, 1.82) is 0 Å². The Morgan fingerprint density at radius 1 is 1.12 bits per heavy atom. The number of hydrogen-bond donors (Lipinski definition) is 1. The molecule has 0 saturated carbocycles. The molecule has 178 valence electrons. The van der Waals surface area contributed by atoms with E-state index < -0.39 is 17.1 Å². The molecule has 2 aliphatic heterocycles. The summed E-state index contributed by atoms with van der Waals surface area (Å²) < 4.78 is 40.2. The second-order valence-electron chi connectivity index (χ2n) is 9.51. The summed E-state index contributed by atoms with van der Waals surface area (Å²) in [6.07, 6.45) is 3.46. The Bertz CT molecular complexity index is 1050. The van der Waals surface area contributed by atoms with E-state index in [-0.39, 0.29) is 16.9 Å². The van der Waals surface area contributed by atoms with Crippen molar-refractivity contribution in [3.05, 3.63) is 53.6 Å². The first-order chi connectivity index (χ1) is 15.8. The molecule has 2 heterocycles. The van der Waals surface area contributed by atoms with Gasteiger partial charge in [0, 0.05) is 19.8 Å². The number of anilines is 1. The predicted octanol–water partition coefficient (Wildman–Crippen LogP) is 3.68. The van der Waals surface area contributed by atoms with Crippen LogP contribution in [0.3, 0.4) is 0 Å². The molecule has 33 heavy (non-hydrogen) atoms. The molecule has 2 aromatic rings. The molecule has 2 aliphatic rings. The van der Waals surface area contributed by atoms with Crippen molar-refractivity contribution < 1.29 is 22.8 Å². The van der Waals surface area contributed by atoms with E-state index in [2.05, 4.69) is 6.92 Å². The Morgan fingerprint density at radius 2 is 1.82 bits per heavy atom. The van der Waals surface area contributed by atoms with Gasteiger partial charge in [0.25, 0.3) is 10.0 Å². The van der Waals surface area contributed by atoms with E-state index in [1.165, 1.54) is 4.31 Å². The van der Waals surface area contributed by atoms with E-state index in [9.17, 15) is 13.4 Å². The first-order valence-electron chi connectivity index (χ1n) is 12.0. The second kappa shape index (κ2) is 10.2. The van der Waals surface area contributed by atoms with Crippen LogP contribution in [0.5, 0.6) is 0 Å². The minimum absolute atomic E-state index is 0.151. The van der Waals surface area contributed by atoms with Crippen LogP contribution in [0.25, 0.3) is 0 Å². The van der Waals surface area contributed by atoms with E-state index >= 15 is 0 Å². The number of ether oxygens (including phenoxy) is 1. The molecular weight excluding hydrogens is 437 g/mol. The molecule has 1 atom stereocenters. The monoisotopic (exact) mass is 471 g/mol. The van der Waals surface area contributed by atoms with E-state index in [0.29, 0.717) is 23.6 Å². The van der Waals surface area contributed by atoms with Gasteiger partial charge in [0.05, 0.1) is 16.7 Å². The summed E-state index contributed by atoms with van der Waals surface area (Å²) in [5, 5.41) is 10.6. The maximum Gasteiger partial charge on any atom is 0.492 e. The van der Waals surface area contributed by atoms with Gasteiger partial charge >= 0.3 is 7.12 Å². The molecule has 0 aromatic heterocycles. The fraction of sp³-hybridized carbons (Fsp3) is 0.520. The van der Waals surface area contributed by atoms with Crippen molar-refractivity contribution in [1.82, 2.24) is 0 Å². The van der Waals surface area contributed by atoms with Crippen molar-refractivity contribution in [2.24, 2.45) is 11.8 Å². The lowest BCUT2D eigenvalue weighted by Gasteiger charge is -2.27. The third-order valence-electron chi connectivity index (χ3n) is 6.60. The molecule has 1 saturated heterocycles. The summed E-state index contributed by atoms with van der Waals surface area (Å²) >= 11 is 0. The number of hydrogen-bond acceptors (Lipinski definition) is 5. The Hall–Kier alpha value is -1.87. The highest BCUT2D eigenvalue weighted by Crippen LogP contribution is 2.34. The Balaban J connectivity index is 1.63. The van der Waals surface area contributed by atoms with Gasteiger partial charge in [0.1, 0.15) is 0 Å². The quantitative estimate of drug-likeness (QED) is 0.595. The van der Waals surface area contributed by atoms with Gasteiger partial charge in [-0.15, -0.1) is 0 Å². The number of fused-ring (bicyclic) bond motifs is 1. The molecule has 0 aliphatic carbocycles. The molecule has 1 unspecified atom stereocenters. The standard InChI is InChI=1S/C25H34BNO5S/c1-4-19-5-7-21(8-6-19)27(17-18(2)3)33(29,30)22-9-10-23-24(16-22)26(28)32-25(23)15-20-11-13-31-14-12-20/h5-10,16,18,20,25,28H,4,11-15,17H2,1-3H3. The molecule has 0 spiro atoms. The van der Waals surface area contributed by atoms with Gasteiger partial charge in [-0.05, 0) is 78.4 Å². The fourth-order valence-corrected chi connectivity index (χ4v) is 6.35. The summed E-state index contributed by atoms with van der Waals surface area (Å²) in [4.78, 5) is 0.177. The summed E-state index contributed by atoms with van der Waals surface area (Å²) in [7, 11) is -4.92. The number of benzene rings is 2. The van der Waals surface area contributed by atoms with Gasteiger partial charge in [0.2, 0.25) is 0 Å². The lowest BCUT2D eigenvalue weighted by Crippen LogP contribution is -2.35. The third-order valence-corrected chi connectivity index (χ3v) is 8.39. The van der Waals surface area contributed by atoms with Gasteiger partial charge in [-0.3, -0.25) is 4.31 Å². The van der Waals surface area contributed by atoms with Crippen LogP contribution in [-0.4, -0.2) is 40.3 Å². The van der Waals surface area contributed by atoms with Crippen LogP contribution in [0, 0.1) is 11.8 Å². The average Bonchev–Trinajstić information content (AvgIpc) is 3.12. The Labute approximate surface area is 198 Å². The van der Waals surface area contributed by atoms with Crippen LogP contribution in [0.2, 0.25) is 0 Å². The van der Waals surface area contributed by atoms with E-state index in [1.807, 2.05) is 44.2 Å².